The zero-order valence-corrected chi connectivity index (χ0v) is 39.1. The van der Waals surface area contributed by atoms with Gasteiger partial charge in [-0.05, 0) is 143 Å². The zero-order chi connectivity index (χ0) is 62.6. The minimum atomic E-state index is -3.29. The summed E-state index contributed by atoms with van der Waals surface area (Å²) in [4.78, 5) is 13.6. The Labute approximate surface area is 426 Å². The van der Waals surface area contributed by atoms with E-state index in [9.17, 15) is 21.7 Å². The molecule has 4 heterocycles. The van der Waals surface area contributed by atoms with Crippen LogP contribution in [0, 0.1) is 16.7 Å². The van der Waals surface area contributed by atoms with Crippen LogP contribution in [0.25, 0.3) is 55.7 Å². The molecule has 9 rings (SSSR count). The molecule has 0 saturated carbocycles. The smallest absolute Gasteiger partial charge is 0.144 e. The number of furan rings is 1. The number of fused-ring (bicyclic) bond motifs is 3. The van der Waals surface area contributed by atoms with Crippen molar-refractivity contribution in [2.75, 3.05) is 0 Å². The molecule has 0 aliphatic heterocycles. The van der Waals surface area contributed by atoms with Gasteiger partial charge < -0.3 is 4.42 Å². The summed E-state index contributed by atoms with van der Waals surface area (Å²) < 4.78 is 168. The molecule has 0 amide bonds. The van der Waals surface area contributed by atoms with Gasteiger partial charge in [0.2, 0.25) is 0 Å². The van der Waals surface area contributed by atoms with E-state index in [4.69, 9.17) is 11.3 Å². The quantitative estimate of drug-likeness (QED) is 0.102. The third-order valence-corrected chi connectivity index (χ3v) is 11.2. The summed E-state index contributed by atoms with van der Waals surface area (Å²) in [6.07, 6.45) is -18.1. The van der Waals surface area contributed by atoms with Crippen LogP contribution in [0.15, 0.2) is 156 Å². The Kier molecular flexibility index (Phi) is 8.69. The number of para-hydroxylation sites is 1. The lowest BCUT2D eigenvalue weighted by molar-refractivity contribution is 0.410. The molecule has 5 aromatic carbocycles. The van der Waals surface area contributed by atoms with Crippen LogP contribution in [-0.4, -0.2) is 15.0 Å². The first-order valence-corrected chi connectivity index (χ1v) is 22.4. The van der Waals surface area contributed by atoms with Gasteiger partial charge in [0.25, 0.3) is 0 Å². The number of rotatable bonds is 15. The molecule has 0 N–H and O–H groups in total. The van der Waals surface area contributed by atoms with Crippen LogP contribution in [0.3, 0.4) is 0 Å². The molecule has 340 valence electrons. The average molecular weight is 908 g/mol. The number of nitriles is 1. The first kappa shape index (κ1) is 29.6. The van der Waals surface area contributed by atoms with Crippen molar-refractivity contribution in [2.24, 2.45) is 5.41 Å². The van der Waals surface area contributed by atoms with E-state index in [2.05, 4.69) is 15.0 Å². The first-order chi connectivity index (χ1) is 39.2. The molecule has 0 aliphatic carbocycles. The highest BCUT2D eigenvalue weighted by atomic mass is 16.3. The lowest BCUT2D eigenvalue weighted by Gasteiger charge is -2.19. The largest absolute Gasteiger partial charge is 0.455 e. The highest BCUT2D eigenvalue weighted by molar-refractivity contribution is 6.10. The Bertz CT molecular complexity index is 3940. The van der Waals surface area contributed by atoms with E-state index in [1.807, 2.05) is 6.07 Å². The molecule has 0 atom stereocenters. The fraction of sp³-hybridized carbons (Fsp3) is 0.270. The van der Waals surface area contributed by atoms with Gasteiger partial charge in [0.1, 0.15) is 11.2 Å². The van der Waals surface area contributed by atoms with Gasteiger partial charge in [0.05, 0.1) is 30.1 Å². The molecule has 0 bridgehead atoms. The van der Waals surface area contributed by atoms with E-state index in [1.165, 1.54) is 58.0 Å². The van der Waals surface area contributed by atoms with Gasteiger partial charge in [-0.25, -0.2) is 0 Å². The van der Waals surface area contributed by atoms with Crippen LogP contribution in [-0.2, 0) is 44.6 Å². The van der Waals surface area contributed by atoms with Gasteiger partial charge in [-0.1, -0.05) is 146 Å². The number of nitrogens with zero attached hydrogens (tertiary/aromatic N) is 4. The van der Waals surface area contributed by atoms with Gasteiger partial charge in [0.15, 0.2) is 0 Å². The number of hydrogen-bond acceptors (Lipinski definition) is 5. The van der Waals surface area contributed by atoms with Crippen molar-refractivity contribution in [2.45, 2.75) is 105 Å². The maximum Gasteiger partial charge on any atom is 0.144 e. The third kappa shape index (κ3) is 10.4. The van der Waals surface area contributed by atoms with Crippen LogP contribution in [0.4, 0.5) is 0 Å². The summed E-state index contributed by atoms with van der Waals surface area (Å²) in [6.45, 7) is 11.0. The Morgan fingerprint density at radius 3 is 1.59 bits per heavy atom. The van der Waals surface area contributed by atoms with Crippen molar-refractivity contribution in [1.29, 1.82) is 5.26 Å². The second-order valence-electron chi connectivity index (χ2n) is 18.0. The minimum Gasteiger partial charge on any atom is -0.455 e. The second-order valence-corrected chi connectivity index (χ2v) is 18.0. The SMILES string of the molecule is [2H]c1cc2c(oc3c(-c4ccc(C([2H])([2H])C([2H])([2H])c5cc(C([2H])([2H])C([2H])([2H])c6cnc(-c7ccccc7)cc6C([2H])(C)C)cc(C([2H])([2H])C([2H])([2H])c6cnc(-c7ccccc7)cc6C([2H])(C)C)c5)cn4)cccc32)c(C([2H])([2H])C(C)(C)C)c1C#N. The maximum atomic E-state index is 10.2. The molecule has 0 radical (unpaired) electrons. The summed E-state index contributed by atoms with van der Waals surface area (Å²) in [5, 5.41) is 11.0. The standard InChI is InChI=1S/C63H62N4O/c1-41(2)55-34-59(47-15-10-8-11-16-47)66-39-50(55)26-23-45-31-44(32-46(33-45)24-27-51-40-67-60(35-56(51)42(3)4)48-17-12-9-13-18-48)22-21-43-25-30-58(65-38-43)54-20-14-19-52-53-29-28-49(37-64)57(36-63(5,6)7)62(53)68-61(52)54/h8-20,25,28-35,38-42H,21-24,26-27,36H2,1-7H3/i21D2,22D2,23D2,24D2,26D2,27D2,28D,36D2,41D,42D. The Morgan fingerprint density at radius 1 is 0.574 bits per heavy atom. The molecule has 0 unspecified atom stereocenters. The highest BCUT2D eigenvalue weighted by Gasteiger charge is 2.22. The summed E-state index contributed by atoms with van der Waals surface area (Å²) in [5.41, 5.74) is -1.50. The molecule has 9 aromatic rings. The molecule has 0 aliphatic rings. The first-order valence-electron chi connectivity index (χ1n) is 30.9. The van der Waals surface area contributed by atoms with Crippen LogP contribution in [0.1, 0.15) is 139 Å². The lowest BCUT2D eigenvalue weighted by Crippen LogP contribution is -2.10. The predicted molar refractivity (Wildman–Crippen MR) is 281 cm³/mol. The van der Waals surface area contributed by atoms with Crippen LogP contribution in [0.5, 0.6) is 0 Å². The predicted octanol–water partition coefficient (Wildman–Crippen LogP) is 15.8. The second kappa shape index (κ2) is 20.0. The highest BCUT2D eigenvalue weighted by Crippen LogP contribution is 2.39. The van der Waals surface area contributed by atoms with E-state index in [-0.39, 0.29) is 61.8 Å². The maximum absolute atomic E-state index is 10.2. The summed E-state index contributed by atoms with van der Waals surface area (Å²) >= 11 is 0. The molecule has 0 fully saturated rings. The fourth-order valence-corrected chi connectivity index (χ4v) is 7.95. The molecule has 0 spiro atoms. The molecule has 4 aromatic heterocycles. The Balaban J connectivity index is 1.20. The van der Waals surface area contributed by atoms with Gasteiger partial charge in [-0.15, -0.1) is 0 Å². The monoisotopic (exact) mass is 908 g/mol. The zero-order valence-electron chi connectivity index (χ0n) is 56.1. The third-order valence-electron chi connectivity index (χ3n) is 11.2. The summed E-state index contributed by atoms with van der Waals surface area (Å²) in [6, 6.07) is 34.4. The Hall–Kier alpha value is -7.16. The van der Waals surface area contributed by atoms with Crippen molar-refractivity contribution >= 4 is 21.9 Å². The van der Waals surface area contributed by atoms with Gasteiger partial charge in [-0.2, -0.15) is 5.26 Å². The van der Waals surface area contributed by atoms with Gasteiger partial charge in [-0.3, -0.25) is 15.0 Å². The molecular weight excluding hydrogens is 829 g/mol. The number of hydrogen-bond donors (Lipinski definition) is 0. The van der Waals surface area contributed by atoms with Crippen molar-refractivity contribution < 1.29 is 27.7 Å². The number of benzene rings is 5. The number of pyridine rings is 3. The van der Waals surface area contributed by atoms with E-state index in [1.54, 1.807) is 99.6 Å². The fourth-order valence-electron chi connectivity index (χ4n) is 7.95. The topological polar surface area (TPSA) is 75.6 Å². The van der Waals surface area contributed by atoms with E-state index in [0.29, 0.717) is 38.9 Å². The summed E-state index contributed by atoms with van der Waals surface area (Å²) in [7, 11) is 0. The van der Waals surface area contributed by atoms with Crippen molar-refractivity contribution in [1.82, 2.24) is 15.0 Å². The van der Waals surface area contributed by atoms with Crippen molar-refractivity contribution in [3.63, 3.8) is 0 Å². The van der Waals surface area contributed by atoms with E-state index >= 15 is 0 Å². The Morgan fingerprint density at radius 2 is 1.09 bits per heavy atom. The van der Waals surface area contributed by atoms with Crippen LogP contribution < -0.4 is 0 Å². The van der Waals surface area contributed by atoms with E-state index < -0.39 is 78.5 Å². The molecule has 5 nitrogen and oxygen atoms in total. The normalized spacial score (nSPS) is 17.3. The van der Waals surface area contributed by atoms with Gasteiger partial charge >= 0.3 is 0 Å². The van der Waals surface area contributed by atoms with E-state index in [0.717, 1.165) is 36.8 Å². The molecule has 0 saturated heterocycles. The van der Waals surface area contributed by atoms with Crippen molar-refractivity contribution in [3.8, 4) is 39.8 Å². The molecule has 5 heteroatoms. The van der Waals surface area contributed by atoms with Crippen molar-refractivity contribution in [3.05, 3.63) is 208 Å². The summed E-state index contributed by atoms with van der Waals surface area (Å²) in [5.74, 6) is -3.12. The molecule has 68 heavy (non-hydrogen) atoms. The lowest BCUT2D eigenvalue weighted by atomic mass is 9.85. The molecular formula is C63H62N4O. The minimum absolute atomic E-state index is 0.0533. The van der Waals surface area contributed by atoms with Crippen LogP contribution >= 0.6 is 0 Å². The number of aromatic nitrogens is 3. The van der Waals surface area contributed by atoms with Gasteiger partial charge in [0, 0.05) is 73.5 Å². The number of aryl methyl sites for hydroxylation is 6. The average Bonchev–Trinajstić information content (AvgIpc) is 1.73. The van der Waals surface area contributed by atoms with Crippen LogP contribution in [0.2, 0.25) is 0 Å².